The van der Waals surface area contributed by atoms with Crippen LogP contribution in [-0.4, -0.2) is 47.6 Å². The molecule has 21 heavy (non-hydrogen) atoms. The van der Waals surface area contributed by atoms with E-state index in [0.717, 1.165) is 49.0 Å². The van der Waals surface area contributed by atoms with Crippen molar-refractivity contribution in [2.75, 3.05) is 37.3 Å². The second kappa shape index (κ2) is 7.59. The van der Waals surface area contributed by atoms with E-state index in [9.17, 15) is 0 Å². The fourth-order valence-electron chi connectivity index (χ4n) is 2.86. The number of rotatable bonds is 7. The molecule has 0 bridgehead atoms. The third-order valence-electron chi connectivity index (χ3n) is 4.19. The van der Waals surface area contributed by atoms with Crippen molar-refractivity contribution in [3.63, 3.8) is 0 Å². The molecule has 2 heterocycles. The predicted molar refractivity (Wildman–Crippen MR) is 89.1 cm³/mol. The summed E-state index contributed by atoms with van der Waals surface area (Å²) in [6.45, 7) is 9.41. The van der Waals surface area contributed by atoms with Gasteiger partial charge in [0, 0.05) is 31.1 Å². The van der Waals surface area contributed by atoms with Crippen molar-refractivity contribution in [3.05, 3.63) is 11.4 Å². The topological polar surface area (TPSA) is 53.1 Å². The molecule has 0 aromatic carbocycles. The van der Waals surface area contributed by atoms with Crippen LogP contribution >= 0.6 is 0 Å². The molecule has 0 spiro atoms. The second-order valence-electron chi connectivity index (χ2n) is 5.90. The molecular formula is C16H29N5. The monoisotopic (exact) mass is 291 g/mol. The molecule has 0 radical (unpaired) electrons. The molecule has 1 unspecified atom stereocenters. The number of likely N-dealkylation sites (tertiary alicyclic amines) is 1. The van der Waals surface area contributed by atoms with E-state index in [1.165, 1.54) is 19.4 Å². The number of hydrogen-bond donors (Lipinski definition) is 2. The van der Waals surface area contributed by atoms with Crippen LogP contribution in [0.25, 0.3) is 0 Å². The zero-order valence-corrected chi connectivity index (χ0v) is 13.9. The first kappa shape index (κ1) is 16.0. The largest absolute Gasteiger partial charge is 0.370 e. The Kier molecular flexibility index (Phi) is 5.79. The lowest BCUT2D eigenvalue weighted by atomic mass is 10.2. The smallest absolute Gasteiger partial charge is 0.134 e. The molecule has 1 atom stereocenters. The number of aryl methyl sites for hydroxylation is 1. The van der Waals surface area contributed by atoms with Crippen molar-refractivity contribution in [1.82, 2.24) is 14.9 Å². The molecule has 5 heteroatoms. The Morgan fingerprint density at radius 1 is 1.19 bits per heavy atom. The third kappa shape index (κ3) is 4.06. The Bertz CT molecular complexity index is 460. The number of anilines is 2. The fraction of sp³-hybridized carbons (Fsp3) is 0.750. The summed E-state index contributed by atoms with van der Waals surface area (Å²) in [6, 6.07) is 0.622. The van der Waals surface area contributed by atoms with Gasteiger partial charge in [-0.3, -0.25) is 0 Å². The maximum atomic E-state index is 4.71. The Morgan fingerprint density at radius 2 is 1.90 bits per heavy atom. The van der Waals surface area contributed by atoms with E-state index in [4.69, 9.17) is 4.98 Å². The van der Waals surface area contributed by atoms with Crippen molar-refractivity contribution in [1.29, 1.82) is 0 Å². The highest BCUT2D eigenvalue weighted by Gasteiger charge is 2.21. The van der Waals surface area contributed by atoms with Gasteiger partial charge in [0.2, 0.25) is 0 Å². The number of nitrogens with zero attached hydrogens (tertiary/aromatic N) is 3. The quantitative estimate of drug-likeness (QED) is 0.809. The lowest BCUT2D eigenvalue weighted by molar-refractivity contribution is 0.322. The van der Waals surface area contributed by atoms with Crippen LogP contribution < -0.4 is 10.6 Å². The Balaban J connectivity index is 2.12. The highest BCUT2D eigenvalue weighted by molar-refractivity contribution is 5.57. The van der Waals surface area contributed by atoms with Crippen LogP contribution in [0.2, 0.25) is 0 Å². The predicted octanol–water partition coefficient (Wildman–Crippen LogP) is 2.68. The highest BCUT2D eigenvalue weighted by Crippen LogP contribution is 2.22. The zero-order chi connectivity index (χ0) is 15.2. The first-order valence-corrected chi connectivity index (χ1v) is 8.21. The van der Waals surface area contributed by atoms with Crippen molar-refractivity contribution in [2.24, 2.45) is 0 Å². The van der Waals surface area contributed by atoms with Gasteiger partial charge < -0.3 is 15.5 Å². The number of aromatic nitrogens is 2. The summed E-state index contributed by atoms with van der Waals surface area (Å²) in [5.74, 6) is 2.89. The van der Waals surface area contributed by atoms with Gasteiger partial charge in [-0.25, -0.2) is 9.97 Å². The SMILES string of the molecule is CCCc1nc(NCC)c(C)c(NCC2CCCN2C)n1. The Labute approximate surface area is 128 Å². The third-order valence-corrected chi connectivity index (χ3v) is 4.19. The van der Waals surface area contributed by atoms with Crippen molar-refractivity contribution in [3.8, 4) is 0 Å². The van der Waals surface area contributed by atoms with Crippen LogP contribution in [-0.2, 0) is 6.42 Å². The van der Waals surface area contributed by atoms with Gasteiger partial charge in [0.25, 0.3) is 0 Å². The van der Waals surface area contributed by atoms with Crippen LogP contribution in [0.4, 0.5) is 11.6 Å². The molecule has 0 saturated carbocycles. The molecule has 1 aromatic rings. The van der Waals surface area contributed by atoms with Crippen molar-refractivity contribution in [2.45, 2.75) is 52.5 Å². The number of likely N-dealkylation sites (N-methyl/N-ethyl adjacent to an activating group) is 1. The van der Waals surface area contributed by atoms with Crippen molar-refractivity contribution < 1.29 is 0 Å². The lowest BCUT2D eigenvalue weighted by Gasteiger charge is -2.21. The van der Waals surface area contributed by atoms with Gasteiger partial charge in [0.1, 0.15) is 17.5 Å². The van der Waals surface area contributed by atoms with Gasteiger partial charge in [-0.1, -0.05) is 6.92 Å². The van der Waals surface area contributed by atoms with Gasteiger partial charge in [-0.2, -0.15) is 0 Å². The molecule has 118 valence electrons. The van der Waals surface area contributed by atoms with E-state index in [2.05, 4.69) is 48.3 Å². The highest BCUT2D eigenvalue weighted by atomic mass is 15.2. The summed E-state index contributed by atoms with van der Waals surface area (Å²) in [5, 5.41) is 6.90. The zero-order valence-electron chi connectivity index (χ0n) is 13.9. The molecule has 5 nitrogen and oxygen atoms in total. The summed E-state index contributed by atoms with van der Waals surface area (Å²) >= 11 is 0. The Hall–Kier alpha value is -1.36. The van der Waals surface area contributed by atoms with E-state index in [1.54, 1.807) is 0 Å². The second-order valence-corrected chi connectivity index (χ2v) is 5.90. The molecule has 1 aliphatic rings. The van der Waals surface area contributed by atoms with Gasteiger partial charge in [0.15, 0.2) is 0 Å². The van der Waals surface area contributed by atoms with E-state index in [-0.39, 0.29) is 0 Å². The first-order chi connectivity index (χ1) is 10.2. The van der Waals surface area contributed by atoms with E-state index < -0.39 is 0 Å². The average molecular weight is 291 g/mol. The number of hydrogen-bond acceptors (Lipinski definition) is 5. The molecule has 1 fully saturated rings. The maximum Gasteiger partial charge on any atom is 0.134 e. The summed E-state index contributed by atoms with van der Waals surface area (Å²) in [4.78, 5) is 11.8. The van der Waals surface area contributed by atoms with Gasteiger partial charge in [-0.05, 0) is 46.7 Å². The summed E-state index contributed by atoms with van der Waals surface area (Å²) in [6.07, 6.45) is 4.57. The van der Waals surface area contributed by atoms with Crippen LogP contribution in [0.15, 0.2) is 0 Å². The van der Waals surface area contributed by atoms with Crippen LogP contribution in [0.3, 0.4) is 0 Å². The molecule has 0 amide bonds. The first-order valence-electron chi connectivity index (χ1n) is 8.21. The summed E-state index contributed by atoms with van der Waals surface area (Å²) < 4.78 is 0. The lowest BCUT2D eigenvalue weighted by Crippen LogP contribution is -2.32. The molecule has 2 N–H and O–H groups in total. The molecule has 1 aromatic heterocycles. The van der Waals surface area contributed by atoms with Gasteiger partial charge in [0.05, 0.1) is 0 Å². The Morgan fingerprint density at radius 3 is 2.48 bits per heavy atom. The minimum atomic E-state index is 0.622. The van der Waals surface area contributed by atoms with E-state index >= 15 is 0 Å². The molecule has 1 aliphatic heterocycles. The minimum Gasteiger partial charge on any atom is -0.370 e. The normalized spacial score (nSPS) is 19.0. The van der Waals surface area contributed by atoms with E-state index in [1.807, 2.05) is 0 Å². The van der Waals surface area contributed by atoms with E-state index in [0.29, 0.717) is 6.04 Å². The maximum absolute atomic E-state index is 4.71. The molecule has 2 rings (SSSR count). The standard InChI is InChI=1S/C16H29N5/c1-5-8-14-19-15(17-6-2)12(3)16(20-14)18-11-13-9-7-10-21(13)4/h13H,5-11H2,1-4H3,(H2,17,18,19,20). The van der Waals surface area contributed by atoms with Gasteiger partial charge in [-0.15, -0.1) is 0 Å². The molecular weight excluding hydrogens is 262 g/mol. The van der Waals surface area contributed by atoms with Crippen LogP contribution in [0, 0.1) is 6.92 Å². The fourth-order valence-corrected chi connectivity index (χ4v) is 2.86. The molecule has 1 saturated heterocycles. The van der Waals surface area contributed by atoms with Crippen molar-refractivity contribution >= 4 is 11.6 Å². The molecule has 0 aliphatic carbocycles. The minimum absolute atomic E-state index is 0.622. The summed E-state index contributed by atoms with van der Waals surface area (Å²) in [7, 11) is 2.21. The number of nitrogens with one attached hydrogen (secondary N) is 2. The van der Waals surface area contributed by atoms with Crippen LogP contribution in [0.1, 0.15) is 44.5 Å². The van der Waals surface area contributed by atoms with Gasteiger partial charge >= 0.3 is 0 Å². The summed E-state index contributed by atoms with van der Waals surface area (Å²) in [5.41, 5.74) is 1.12. The van der Waals surface area contributed by atoms with Crippen LogP contribution in [0.5, 0.6) is 0 Å². The average Bonchev–Trinajstić information content (AvgIpc) is 2.87.